The Hall–Kier alpha value is -2.42. The van der Waals surface area contributed by atoms with Gasteiger partial charge in [-0.25, -0.2) is 14.8 Å². The number of aryl methyl sites for hydroxylation is 1. The van der Waals surface area contributed by atoms with E-state index in [-0.39, 0.29) is 23.1 Å². The molecule has 0 aliphatic heterocycles. The Kier molecular flexibility index (Phi) is 3.76. The van der Waals surface area contributed by atoms with Gasteiger partial charge < -0.3 is 20.2 Å². The average molecular weight is 281 g/mol. The maximum Gasteiger partial charge on any atom is 0.360 e. The number of rotatable bonds is 5. The molecule has 0 atom stereocenters. The van der Waals surface area contributed by atoms with Gasteiger partial charge in [-0.1, -0.05) is 5.16 Å². The predicted molar refractivity (Wildman–Crippen MR) is 68.7 cm³/mol. The van der Waals surface area contributed by atoms with Gasteiger partial charge >= 0.3 is 5.97 Å². The van der Waals surface area contributed by atoms with E-state index in [0.29, 0.717) is 5.82 Å². The molecule has 0 spiro atoms. The number of hydrogen-bond acceptors (Lipinski definition) is 7. The number of carboxylic acid groups (broad SMARTS) is 1. The lowest BCUT2D eigenvalue weighted by atomic mass is 10.3. The number of carbonyl (C=O) groups is 1. The van der Waals surface area contributed by atoms with Crippen LogP contribution in [0.5, 0.6) is 0 Å². The molecule has 9 heteroatoms. The first-order valence-electron chi connectivity index (χ1n) is 5.18. The molecule has 0 aliphatic rings. The van der Waals surface area contributed by atoms with Crippen molar-refractivity contribution in [2.75, 3.05) is 5.73 Å². The fourth-order valence-corrected chi connectivity index (χ4v) is 1.83. The van der Waals surface area contributed by atoms with E-state index < -0.39 is 5.97 Å². The molecule has 2 heterocycles. The number of imidazole rings is 1. The molecule has 2 aromatic rings. The highest BCUT2D eigenvalue weighted by Gasteiger charge is 2.17. The van der Waals surface area contributed by atoms with E-state index >= 15 is 0 Å². The van der Waals surface area contributed by atoms with Crippen molar-refractivity contribution < 1.29 is 14.7 Å². The van der Waals surface area contributed by atoms with E-state index in [9.17, 15) is 4.79 Å². The molecular formula is C10H11N5O3S. The van der Waals surface area contributed by atoms with Crippen molar-refractivity contribution >= 4 is 28.1 Å². The Morgan fingerprint density at radius 3 is 3.00 bits per heavy atom. The summed E-state index contributed by atoms with van der Waals surface area (Å²) in [6, 6.07) is 0. The summed E-state index contributed by atoms with van der Waals surface area (Å²) in [6.07, 6.45) is 3.36. The number of aliphatic carboxylic acids is 1. The van der Waals surface area contributed by atoms with Crippen molar-refractivity contribution in [1.82, 2.24) is 14.5 Å². The van der Waals surface area contributed by atoms with Crippen molar-refractivity contribution in [3.63, 3.8) is 0 Å². The lowest BCUT2D eigenvalue weighted by Crippen LogP contribution is -2.16. The van der Waals surface area contributed by atoms with Crippen LogP contribution < -0.4 is 5.73 Å². The van der Waals surface area contributed by atoms with Crippen LogP contribution in [0.15, 0.2) is 22.9 Å². The Balaban J connectivity index is 2.10. The third kappa shape index (κ3) is 3.07. The second-order valence-electron chi connectivity index (χ2n) is 3.54. The number of nitrogens with zero attached hydrogens (tertiary/aromatic N) is 4. The smallest absolute Gasteiger partial charge is 0.360 e. The van der Waals surface area contributed by atoms with Crippen LogP contribution in [0.25, 0.3) is 0 Å². The SMILES string of the molecule is Cn1ccnc1CO/N=C(\C(=O)O)c1csc(N)n1. The van der Waals surface area contributed by atoms with Crippen LogP contribution in [0, 0.1) is 0 Å². The van der Waals surface area contributed by atoms with Crippen LogP contribution in [0.2, 0.25) is 0 Å². The van der Waals surface area contributed by atoms with Gasteiger partial charge in [-0.15, -0.1) is 11.3 Å². The molecule has 0 aromatic carbocycles. The lowest BCUT2D eigenvalue weighted by Gasteiger charge is -2.01. The summed E-state index contributed by atoms with van der Waals surface area (Å²) in [6.45, 7) is 0.0693. The molecular weight excluding hydrogens is 270 g/mol. The highest BCUT2D eigenvalue weighted by atomic mass is 32.1. The van der Waals surface area contributed by atoms with Crippen LogP contribution >= 0.6 is 11.3 Å². The Labute approximate surface area is 112 Å². The number of thiazole rings is 1. The highest BCUT2D eigenvalue weighted by molar-refractivity contribution is 7.13. The zero-order valence-corrected chi connectivity index (χ0v) is 10.8. The molecule has 0 unspecified atom stereocenters. The number of oxime groups is 1. The first-order chi connectivity index (χ1) is 9.08. The average Bonchev–Trinajstić information content (AvgIpc) is 2.94. The van der Waals surface area contributed by atoms with Crippen LogP contribution in [-0.2, 0) is 23.3 Å². The molecule has 19 heavy (non-hydrogen) atoms. The van der Waals surface area contributed by atoms with Gasteiger partial charge in [0.15, 0.2) is 11.7 Å². The molecule has 0 aliphatic carbocycles. The summed E-state index contributed by atoms with van der Waals surface area (Å²) < 4.78 is 1.75. The zero-order chi connectivity index (χ0) is 13.8. The van der Waals surface area contributed by atoms with Gasteiger partial charge in [-0.05, 0) is 0 Å². The van der Waals surface area contributed by atoms with Gasteiger partial charge in [0.05, 0.1) is 0 Å². The molecule has 3 N–H and O–H groups in total. The van der Waals surface area contributed by atoms with Gasteiger partial charge in [-0.2, -0.15) is 0 Å². The van der Waals surface area contributed by atoms with E-state index in [0.717, 1.165) is 11.3 Å². The maximum absolute atomic E-state index is 11.1. The van der Waals surface area contributed by atoms with E-state index in [4.69, 9.17) is 15.7 Å². The maximum atomic E-state index is 11.1. The molecule has 0 amide bonds. The zero-order valence-electron chi connectivity index (χ0n) is 9.98. The first kappa shape index (κ1) is 13.0. The summed E-state index contributed by atoms with van der Waals surface area (Å²) >= 11 is 1.13. The van der Waals surface area contributed by atoms with Crippen LogP contribution in [-0.4, -0.2) is 31.3 Å². The Morgan fingerprint density at radius 2 is 2.47 bits per heavy atom. The summed E-state index contributed by atoms with van der Waals surface area (Å²) in [5, 5.41) is 14.4. The second kappa shape index (κ2) is 5.48. The minimum Gasteiger partial charge on any atom is -0.476 e. The molecule has 0 saturated heterocycles. The monoisotopic (exact) mass is 281 g/mol. The highest BCUT2D eigenvalue weighted by Crippen LogP contribution is 2.12. The van der Waals surface area contributed by atoms with Crippen molar-refractivity contribution in [2.45, 2.75) is 6.61 Å². The van der Waals surface area contributed by atoms with Crippen molar-refractivity contribution in [3.8, 4) is 0 Å². The molecule has 2 rings (SSSR count). The lowest BCUT2D eigenvalue weighted by molar-refractivity contribution is -0.129. The summed E-state index contributed by atoms with van der Waals surface area (Å²) in [5.74, 6) is -0.601. The van der Waals surface area contributed by atoms with Gasteiger partial charge in [0.1, 0.15) is 11.5 Å². The number of aromatic nitrogens is 3. The molecule has 8 nitrogen and oxygen atoms in total. The summed E-state index contributed by atoms with van der Waals surface area (Å²) in [7, 11) is 1.80. The normalized spacial score (nSPS) is 11.5. The molecule has 100 valence electrons. The minimum atomic E-state index is -1.23. The van der Waals surface area contributed by atoms with E-state index in [1.807, 2.05) is 0 Å². The largest absolute Gasteiger partial charge is 0.476 e. The molecule has 0 radical (unpaired) electrons. The second-order valence-corrected chi connectivity index (χ2v) is 4.43. The molecule has 0 bridgehead atoms. The number of hydrogen-bond donors (Lipinski definition) is 2. The number of carboxylic acids is 1. The fourth-order valence-electron chi connectivity index (χ4n) is 1.28. The standard InChI is InChI=1S/C10H11N5O3S/c1-15-3-2-12-7(15)4-18-14-8(9(16)17)6-5-19-10(11)13-6/h2-3,5H,4H2,1H3,(H2,11,13)(H,16,17)/b14-8-. The van der Waals surface area contributed by atoms with Gasteiger partial charge in [0, 0.05) is 24.8 Å². The summed E-state index contributed by atoms with van der Waals surface area (Å²) in [5.41, 5.74) is 5.33. The first-order valence-corrected chi connectivity index (χ1v) is 6.06. The van der Waals surface area contributed by atoms with Crippen LogP contribution in [0.4, 0.5) is 5.13 Å². The van der Waals surface area contributed by atoms with E-state index in [1.54, 1.807) is 24.0 Å². The van der Waals surface area contributed by atoms with Crippen molar-refractivity contribution in [1.29, 1.82) is 0 Å². The van der Waals surface area contributed by atoms with Gasteiger partial charge in [0.2, 0.25) is 5.71 Å². The molecule has 0 fully saturated rings. The van der Waals surface area contributed by atoms with Gasteiger partial charge in [0.25, 0.3) is 0 Å². The predicted octanol–water partition coefficient (Wildman–Crippen LogP) is 0.464. The minimum absolute atomic E-state index is 0.0693. The number of anilines is 1. The third-order valence-electron chi connectivity index (χ3n) is 2.24. The van der Waals surface area contributed by atoms with Crippen molar-refractivity contribution in [3.05, 3.63) is 29.3 Å². The Morgan fingerprint density at radius 1 is 1.68 bits per heavy atom. The molecule has 0 saturated carbocycles. The molecule has 2 aromatic heterocycles. The van der Waals surface area contributed by atoms with E-state index in [1.165, 1.54) is 5.38 Å². The van der Waals surface area contributed by atoms with Crippen molar-refractivity contribution in [2.24, 2.45) is 12.2 Å². The van der Waals surface area contributed by atoms with Gasteiger partial charge in [-0.3, -0.25) is 0 Å². The van der Waals surface area contributed by atoms with E-state index in [2.05, 4.69) is 15.1 Å². The quantitative estimate of drug-likeness (QED) is 0.607. The van der Waals surface area contributed by atoms with Crippen LogP contribution in [0.1, 0.15) is 11.5 Å². The third-order valence-corrected chi connectivity index (χ3v) is 2.91. The fraction of sp³-hybridized carbons (Fsp3) is 0.200. The number of nitrogens with two attached hydrogens (primary N) is 1. The topological polar surface area (TPSA) is 116 Å². The number of nitrogen functional groups attached to an aromatic ring is 1. The Bertz CT molecular complexity index is 618. The summed E-state index contributed by atoms with van der Waals surface area (Å²) in [4.78, 5) is 23.9. The van der Waals surface area contributed by atoms with Crippen LogP contribution in [0.3, 0.4) is 0 Å².